The minimum Gasteiger partial charge on any atom is -0.497 e. The first-order valence-electron chi connectivity index (χ1n) is 9.28. The second-order valence-electron chi connectivity index (χ2n) is 6.57. The van der Waals surface area contributed by atoms with Gasteiger partial charge in [0.1, 0.15) is 11.5 Å². The van der Waals surface area contributed by atoms with Gasteiger partial charge in [-0.25, -0.2) is 4.79 Å². The minimum absolute atomic E-state index is 0.153. The highest BCUT2D eigenvalue weighted by Gasteiger charge is 2.23. The molecular weight excluding hydrogens is 358 g/mol. The summed E-state index contributed by atoms with van der Waals surface area (Å²) >= 11 is 0. The number of carbonyl (C=O) groups excluding carboxylic acids is 2. The van der Waals surface area contributed by atoms with Crippen LogP contribution in [0.1, 0.15) is 25.3 Å². The maximum Gasteiger partial charge on any atom is 0.323 e. The summed E-state index contributed by atoms with van der Waals surface area (Å²) in [5.74, 6) is 1.33. The average molecular weight is 383 g/mol. The van der Waals surface area contributed by atoms with E-state index in [1.807, 2.05) is 23.1 Å². The molecule has 7 nitrogen and oxygen atoms in total. The monoisotopic (exact) mass is 383 g/mol. The van der Waals surface area contributed by atoms with Gasteiger partial charge in [0.05, 0.1) is 14.2 Å². The third-order valence-electron chi connectivity index (χ3n) is 4.59. The lowest BCUT2D eigenvalue weighted by molar-refractivity contribution is -0.118. The van der Waals surface area contributed by atoms with Crippen molar-refractivity contribution in [3.63, 3.8) is 0 Å². The van der Waals surface area contributed by atoms with Crippen molar-refractivity contribution >= 4 is 29.0 Å². The molecular formula is C21H25N3O4. The van der Waals surface area contributed by atoms with Crippen LogP contribution < -0.4 is 25.0 Å². The summed E-state index contributed by atoms with van der Waals surface area (Å²) < 4.78 is 10.4. The highest BCUT2D eigenvalue weighted by atomic mass is 16.5. The van der Waals surface area contributed by atoms with Gasteiger partial charge >= 0.3 is 6.03 Å². The number of rotatable bonds is 6. The third kappa shape index (κ3) is 4.36. The van der Waals surface area contributed by atoms with Crippen molar-refractivity contribution in [2.24, 2.45) is 0 Å². The number of benzene rings is 2. The maximum atomic E-state index is 12.4. The van der Waals surface area contributed by atoms with Crippen LogP contribution in [0.15, 0.2) is 36.4 Å². The fourth-order valence-electron chi connectivity index (χ4n) is 3.28. The number of hydrogen-bond acceptors (Lipinski definition) is 4. The Morgan fingerprint density at radius 2 is 1.68 bits per heavy atom. The first-order valence-corrected chi connectivity index (χ1v) is 9.28. The Morgan fingerprint density at radius 3 is 2.32 bits per heavy atom. The Kier molecular flexibility index (Phi) is 6.03. The molecule has 2 aromatic rings. The van der Waals surface area contributed by atoms with Crippen LogP contribution in [0.5, 0.6) is 11.5 Å². The molecule has 0 radical (unpaired) electrons. The molecule has 1 heterocycles. The molecule has 148 valence electrons. The van der Waals surface area contributed by atoms with E-state index >= 15 is 0 Å². The summed E-state index contributed by atoms with van der Waals surface area (Å²) in [7, 11) is 3.11. The Morgan fingerprint density at radius 1 is 1.00 bits per heavy atom. The topological polar surface area (TPSA) is 79.9 Å². The first-order chi connectivity index (χ1) is 13.5. The van der Waals surface area contributed by atoms with E-state index in [4.69, 9.17) is 9.47 Å². The molecule has 3 rings (SSSR count). The lowest BCUT2D eigenvalue weighted by Gasteiger charge is -2.29. The van der Waals surface area contributed by atoms with Gasteiger partial charge in [-0.3, -0.25) is 4.79 Å². The molecule has 2 aromatic carbocycles. The van der Waals surface area contributed by atoms with Gasteiger partial charge < -0.3 is 25.0 Å². The molecule has 3 amide bonds. The number of methoxy groups -OCH3 is 2. The van der Waals surface area contributed by atoms with Crippen LogP contribution in [0, 0.1) is 0 Å². The normalized spacial score (nSPS) is 13.0. The molecule has 0 saturated heterocycles. The lowest BCUT2D eigenvalue weighted by atomic mass is 10.00. The van der Waals surface area contributed by atoms with Crippen LogP contribution in [0.25, 0.3) is 0 Å². The van der Waals surface area contributed by atoms with Crippen molar-refractivity contribution in [2.45, 2.75) is 26.2 Å². The molecule has 0 fully saturated rings. The number of carbonyl (C=O) groups is 2. The van der Waals surface area contributed by atoms with Gasteiger partial charge in [-0.05, 0) is 36.6 Å². The van der Waals surface area contributed by atoms with Gasteiger partial charge in [-0.2, -0.15) is 0 Å². The fourth-order valence-corrected chi connectivity index (χ4v) is 3.28. The summed E-state index contributed by atoms with van der Waals surface area (Å²) in [6.07, 6.45) is 2.07. The van der Waals surface area contributed by atoms with Crippen LogP contribution in [0.4, 0.5) is 21.9 Å². The SMILES string of the molecule is CCCN1C(=O)CCc2cc(NC(=O)Nc3cc(OC)cc(OC)c3)ccc21. The molecule has 0 bridgehead atoms. The molecule has 0 unspecified atom stereocenters. The number of amides is 3. The van der Waals surface area contributed by atoms with Crippen LogP contribution in [-0.4, -0.2) is 32.7 Å². The smallest absolute Gasteiger partial charge is 0.323 e. The zero-order valence-electron chi connectivity index (χ0n) is 16.4. The Bertz CT molecular complexity index is 860. The summed E-state index contributed by atoms with van der Waals surface area (Å²) in [6.45, 7) is 2.76. The second-order valence-corrected chi connectivity index (χ2v) is 6.57. The summed E-state index contributed by atoms with van der Waals surface area (Å²) in [5.41, 5.74) is 3.23. The van der Waals surface area contributed by atoms with E-state index < -0.39 is 0 Å². The predicted octanol–water partition coefficient (Wildman–Crippen LogP) is 4.04. The molecule has 0 aromatic heterocycles. The van der Waals surface area contributed by atoms with E-state index in [1.54, 1.807) is 32.4 Å². The number of hydrogen-bond donors (Lipinski definition) is 2. The number of nitrogens with zero attached hydrogens (tertiary/aromatic N) is 1. The van der Waals surface area contributed by atoms with E-state index in [9.17, 15) is 9.59 Å². The van der Waals surface area contributed by atoms with Gasteiger partial charge in [-0.1, -0.05) is 6.92 Å². The van der Waals surface area contributed by atoms with E-state index in [0.717, 1.165) is 17.7 Å². The van der Waals surface area contributed by atoms with Crippen LogP contribution in [-0.2, 0) is 11.2 Å². The Balaban J connectivity index is 1.72. The second kappa shape index (κ2) is 8.65. The highest BCUT2D eigenvalue weighted by Crippen LogP contribution is 2.31. The number of urea groups is 1. The number of aryl methyl sites for hydroxylation is 1. The van der Waals surface area contributed by atoms with Gasteiger partial charge in [0.25, 0.3) is 0 Å². The molecule has 0 atom stereocenters. The van der Waals surface area contributed by atoms with E-state index in [-0.39, 0.29) is 11.9 Å². The molecule has 0 aliphatic carbocycles. The van der Waals surface area contributed by atoms with Crippen molar-refractivity contribution in [1.29, 1.82) is 0 Å². The molecule has 0 spiro atoms. The van der Waals surface area contributed by atoms with Gasteiger partial charge in [0, 0.05) is 48.2 Å². The zero-order valence-corrected chi connectivity index (χ0v) is 16.4. The van der Waals surface area contributed by atoms with Crippen LogP contribution >= 0.6 is 0 Å². The Labute approximate surface area is 164 Å². The van der Waals surface area contributed by atoms with Gasteiger partial charge in [0.2, 0.25) is 5.91 Å². The maximum absolute atomic E-state index is 12.4. The van der Waals surface area contributed by atoms with Crippen molar-refractivity contribution in [3.05, 3.63) is 42.0 Å². The molecule has 2 N–H and O–H groups in total. The highest BCUT2D eigenvalue weighted by molar-refractivity contribution is 6.01. The van der Waals surface area contributed by atoms with Crippen molar-refractivity contribution in [1.82, 2.24) is 0 Å². The third-order valence-corrected chi connectivity index (χ3v) is 4.59. The van der Waals surface area contributed by atoms with Gasteiger partial charge in [0.15, 0.2) is 0 Å². The van der Waals surface area contributed by atoms with Crippen molar-refractivity contribution in [3.8, 4) is 11.5 Å². The zero-order chi connectivity index (χ0) is 20.1. The number of anilines is 3. The largest absolute Gasteiger partial charge is 0.497 e. The molecule has 28 heavy (non-hydrogen) atoms. The first kappa shape index (κ1) is 19.5. The van der Waals surface area contributed by atoms with E-state index in [0.29, 0.717) is 42.3 Å². The number of fused-ring (bicyclic) bond motifs is 1. The lowest BCUT2D eigenvalue weighted by Crippen LogP contribution is -2.35. The summed E-state index contributed by atoms with van der Waals surface area (Å²) in [4.78, 5) is 26.4. The number of nitrogens with one attached hydrogen (secondary N) is 2. The predicted molar refractivity (Wildman–Crippen MR) is 110 cm³/mol. The van der Waals surface area contributed by atoms with Crippen LogP contribution in [0.2, 0.25) is 0 Å². The standard InChI is InChI=1S/C21H25N3O4/c1-4-9-24-19-7-6-15(10-14(19)5-8-20(24)25)22-21(26)23-16-11-17(27-2)13-18(12-16)28-3/h6-7,10-13H,4-5,8-9H2,1-3H3,(H2,22,23,26). The Hall–Kier alpha value is -3.22. The van der Waals surface area contributed by atoms with Crippen molar-refractivity contribution < 1.29 is 19.1 Å². The van der Waals surface area contributed by atoms with Crippen molar-refractivity contribution in [2.75, 3.05) is 36.3 Å². The fraction of sp³-hybridized carbons (Fsp3) is 0.333. The quantitative estimate of drug-likeness (QED) is 0.789. The average Bonchev–Trinajstić information content (AvgIpc) is 2.69. The molecule has 1 aliphatic heterocycles. The summed E-state index contributed by atoms with van der Waals surface area (Å²) in [6, 6.07) is 10.4. The molecule has 7 heteroatoms. The number of ether oxygens (including phenoxy) is 2. The van der Waals surface area contributed by atoms with Gasteiger partial charge in [-0.15, -0.1) is 0 Å². The molecule has 1 aliphatic rings. The minimum atomic E-state index is -0.368. The molecule has 0 saturated carbocycles. The summed E-state index contributed by atoms with van der Waals surface area (Å²) in [5, 5.41) is 5.62. The van der Waals surface area contributed by atoms with E-state index in [2.05, 4.69) is 17.6 Å². The van der Waals surface area contributed by atoms with E-state index in [1.165, 1.54) is 0 Å². The van der Waals surface area contributed by atoms with Crippen LogP contribution in [0.3, 0.4) is 0 Å².